The Morgan fingerprint density at radius 3 is 2.85 bits per heavy atom. The first-order chi connectivity index (χ1) is 9.56. The lowest BCUT2D eigenvalue weighted by atomic mass is 10.0. The predicted molar refractivity (Wildman–Crippen MR) is 74.7 cm³/mol. The standard InChI is InChI=1S/C13H18N2O4S/c1-10-8-18-13(19-10)2-4-14(5-3-13)7-11-6-12(15(16)17)20-9-11/h6,9-10H,2-5,7-8H2,1H3/t10-/m1/s1. The molecule has 110 valence electrons. The first kappa shape index (κ1) is 13.9. The van der Waals surface area contributed by atoms with Gasteiger partial charge in [0.2, 0.25) is 0 Å². The molecule has 1 aromatic rings. The lowest BCUT2D eigenvalue weighted by Gasteiger charge is -2.37. The van der Waals surface area contributed by atoms with E-state index in [2.05, 4.69) is 4.90 Å². The average molecular weight is 298 g/mol. The van der Waals surface area contributed by atoms with E-state index in [0.29, 0.717) is 6.61 Å². The fraction of sp³-hybridized carbons (Fsp3) is 0.692. The van der Waals surface area contributed by atoms with Crippen LogP contribution >= 0.6 is 11.3 Å². The van der Waals surface area contributed by atoms with Crippen molar-refractivity contribution in [2.75, 3.05) is 19.7 Å². The Kier molecular flexibility index (Phi) is 3.76. The number of thiophene rings is 1. The van der Waals surface area contributed by atoms with Crippen molar-refractivity contribution in [3.05, 3.63) is 27.1 Å². The Morgan fingerprint density at radius 1 is 1.55 bits per heavy atom. The number of hydrogen-bond donors (Lipinski definition) is 0. The van der Waals surface area contributed by atoms with E-state index in [-0.39, 0.29) is 21.8 Å². The summed E-state index contributed by atoms with van der Waals surface area (Å²) in [5.74, 6) is -0.378. The molecule has 0 aliphatic carbocycles. The molecule has 3 heterocycles. The van der Waals surface area contributed by atoms with Gasteiger partial charge in [-0.25, -0.2) is 0 Å². The Bertz CT molecular complexity index is 496. The Labute approximate surface area is 121 Å². The third-order valence-corrected chi connectivity index (χ3v) is 4.77. The maximum atomic E-state index is 10.7. The molecule has 3 rings (SSSR count). The lowest BCUT2D eigenvalue weighted by Crippen LogP contribution is -2.44. The van der Waals surface area contributed by atoms with E-state index in [1.165, 1.54) is 11.3 Å². The minimum absolute atomic E-state index is 0.182. The minimum atomic E-state index is -0.378. The summed E-state index contributed by atoms with van der Waals surface area (Å²) >= 11 is 1.19. The number of nitrogens with zero attached hydrogens (tertiary/aromatic N) is 2. The van der Waals surface area contributed by atoms with E-state index in [9.17, 15) is 10.1 Å². The van der Waals surface area contributed by atoms with Gasteiger partial charge in [-0.2, -0.15) is 0 Å². The highest BCUT2D eigenvalue weighted by Crippen LogP contribution is 2.34. The van der Waals surface area contributed by atoms with Crippen LogP contribution in [0.4, 0.5) is 5.00 Å². The van der Waals surface area contributed by atoms with Crippen LogP contribution in [0.15, 0.2) is 11.4 Å². The topological polar surface area (TPSA) is 64.8 Å². The summed E-state index contributed by atoms with van der Waals surface area (Å²) in [5, 5.41) is 12.8. The number of likely N-dealkylation sites (tertiary alicyclic amines) is 1. The molecule has 0 saturated carbocycles. The minimum Gasteiger partial charge on any atom is -0.347 e. The molecule has 20 heavy (non-hydrogen) atoms. The van der Waals surface area contributed by atoms with E-state index < -0.39 is 0 Å². The van der Waals surface area contributed by atoms with Crippen LogP contribution in [0.25, 0.3) is 0 Å². The van der Waals surface area contributed by atoms with Gasteiger partial charge in [-0.1, -0.05) is 11.3 Å². The zero-order chi connectivity index (χ0) is 14.2. The summed E-state index contributed by atoms with van der Waals surface area (Å²) in [4.78, 5) is 12.6. The zero-order valence-electron chi connectivity index (χ0n) is 11.4. The molecule has 1 atom stereocenters. The van der Waals surface area contributed by atoms with Gasteiger partial charge in [-0.05, 0) is 12.5 Å². The van der Waals surface area contributed by atoms with Gasteiger partial charge in [0, 0.05) is 43.9 Å². The van der Waals surface area contributed by atoms with Gasteiger partial charge in [0.15, 0.2) is 5.79 Å². The fourth-order valence-electron chi connectivity index (χ4n) is 2.82. The number of ether oxygens (including phenoxy) is 2. The van der Waals surface area contributed by atoms with Crippen LogP contribution in [0.1, 0.15) is 25.3 Å². The molecule has 0 N–H and O–H groups in total. The second kappa shape index (κ2) is 5.40. The van der Waals surface area contributed by atoms with Crippen molar-refractivity contribution in [3.8, 4) is 0 Å². The third kappa shape index (κ3) is 2.85. The van der Waals surface area contributed by atoms with Gasteiger partial charge in [0.05, 0.1) is 17.6 Å². The number of nitro groups is 1. The largest absolute Gasteiger partial charge is 0.347 e. The Hall–Kier alpha value is -1.02. The van der Waals surface area contributed by atoms with E-state index in [0.717, 1.165) is 38.0 Å². The van der Waals surface area contributed by atoms with Gasteiger partial charge in [-0.15, -0.1) is 0 Å². The van der Waals surface area contributed by atoms with Gasteiger partial charge < -0.3 is 9.47 Å². The van der Waals surface area contributed by atoms with Gasteiger partial charge in [0.25, 0.3) is 0 Å². The zero-order valence-corrected chi connectivity index (χ0v) is 12.2. The van der Waals surface area contributed by atoms with E-state index in [1.54, 1.807) is 6.07 Å². The van der Waals surface area contributed by atoms with Gasteiger partial charge in [0.1, 0.15) is 0 Å². The molecule has 6 nitrogen and oxygen atoms in total. The summed E-state index contributed by atoms with van der Waals surface area (Å²) in [6, 6.07) is 1.67. The molecule has 0 radical (unpaired) electrons. The van der Waals surface area contributed by atoms with Crippen LogP contribution in [-0.4, -0.2) is 41.4 Å². The van der Waals surface area contributed by atoms with Crippen molar-refractivity contribution in [1.82, 2.24) is 4.90 Å². The molecule has 7 heteroatoms. The molecule has 1 aromatic heterocycles. The highest BCUT2D eigenvalue weighted by molar-refractivity contribution is 7.13. The highest BCUT2D eigenvalue weighted by atomic mass is 32.1. The quantitative estimate of drug-likeness (QED) is 0.633. The SMILES string of the molecule is C[C@@H]1COC2(CCN(Cc3csc([N+](=O)[O-])c3)CC2)O1. The van der Waals surface area contributed by atoms with Crippen LogP contribution in [0.2, 0.25) is 0 Å². The summed E-state index contributed by atoms with van der Waals surface area (Å²) in [5.41, 5.74) is 1.01. The van der Waals surface area contributed by atoms with Gasteiger partial charge in [-0.3, -0.25) is 15.0 Å². The van der Waals surface area contributed by atoms with Crippen LogP contribution in [-0.2, 0) is 16.0 Å². The van der Waals surface area contributed by atoms with Crippen LogP contribution in [0.5, 0.6) is 0 Å². The number of rotatable bonds is 3. The van der Waals surface area contributed by atoms with Crippen molar-refractivity contribution in [3.63, 3.8) is 0 Å². The van der Waals surface area contributed by atoms with Gasteiger partial charge >= 0.3 is 5.00 Å². The second-order valence-electron chi connectivity index (χ2n) is 5.48. The summed E-state index contributed by atoms with van der Waals surface area (Å²) in [6.07, 6.45) is 1.91. The van der Waals surface area contributed by atoms with Crippen molar-refractivity contribution < 1.29 is 14.4 Å². The molecule has 0 aromatic carbocycles. The molecule has 0 unspecified atom stereocenters. The highest BCUT2D eigenvalue weighted by Gasteiger charge is 2.42. The smallest absolute Gasteiger partial charge is 0.324 e. The molecule has 0 amide bonds. The van der Waals surface area contributed by atoms with Crippen LogP contribution < -0.4 is 0 Å². The molecule has 0 bridgehead atoms. The van der Waals surface area contributed by atoms with Crippen LogP contribution in [0.3, 0.4) is 0 Å². The van der Waals surface area contributed by atoms with Crippen molar-refractivity contribution in [2.45, 2.75) is 38.2 Å². The van der Waals surface area contributed by atoms with Crippen molar-refractivity contribution >= 4 is 16.3 Å². The molecular weight excluding hydrogens is 280 g/mol. The number of piperidine rings is 1. The maximum Gasteiger partial charge on any atom is 0.324 e. The summed E-state index contributed by atoms with van der Waals surface area (Å²) in [7, 11) is 0. The number of hydrogen-bond acceptors (Lipinski definition) is 6. The normalized spacial score (nSPS) is 26.1. The Balaban J connectivity index is 1.54. The molecule has 2 aliphatic heterocycles. The molecule has 2 fully saturated rings. The average Bonchev–Trinajstić information content (AvgIpc) is 3.01. The molecule has 2 aliphatic rings. The monoisotopic (exact) mass is 298 g/mol. The summed E-state index contributed by atoms with van der Waals surface area (Å²) < 4.78 is 11.7. The van der Waals surface area contributed by atoms with E-state index in [1.807, 2.05) is 12.3 Å². The van der Waals surface area contributed by atoms with Crippen LogP contribution in [0, 0.1) is 10.1 Å². The van der Waals surface area contributed by atoms with Crippen molar-refractivity contribution in [1.29, 1.82) is 0 Å². The maximum absolute atomic E-state index is 10.7. The van der Waals surface area contributed by atoms with E-state index >= 15 is 0 Å². The first-order valence-electron chi connectivity index (χ1n) is 6.82. The molecule has 1 spiro atoms. The van der Waals surface area contributed by atoms with E-state index in [4.69, 9.17) is 9.47 Å². The summed E-state index contributed by atoms with van der Waals surface area (Å²) in [6.45, 7) is 5.27. The van der Waals surface area contributed by atoms with Crippen molar-refractivity contribution in [2.24, 2.45) is 0 Å². The fourth-order valence-corrected chi connectivity index (χ4v) is 3.54. The molecule has 2 saturated heterocycles. The third-order valence-electron chi connectivity index (χ3n) is 3.84. The predicted octanol–water partition coefficient (Wildman–Crippen LogP) is 2.38. The first-order valence-corrected chi connectivity index (χ1v) is 7.70. The Morgan fingerprint density at radius 2 is 2.30 bits per heavy atom. The lowest BCUT2D eigenvalue weighted by molar-refractivity contribution is -0.380. The second-order valence-corrected chi connectivity index (χ2v) is 6.37. The molecular formula is C13H18N2O4S.